The third-order valence-electron chi connectivity index (χ3n) is 7.27. The molecular weight excluding hydrogens is 616 g/mol. The van der Waals surface area contributed by atoms with Crippen molar-refractivity contribution >= 4 is 66.2 Å². The van der Waals surface area contributed by atoms with E-state index in [-0.39, 0.29) is 38.9 Å². The first kappa shape index (κ1) is 31.2. The number of amides is 3. The molecule has 1 heterocycles. The van der Waals surface area contributed by atoms with Crippen molar-refractivity contribution in [3.63, 3.8) is 0 Å². The standard InChI is InChI=1S/C31H31BrN4O4S.CH4/c32-24-12-15-27-26(18-24)34-30(41-27)35-31(40)36(25-13-10-22(11-14-25)21-4-2-1-3-5-21)19-20-6-8-23(9-7-20)29(39)33-17-16-28(37)38;/h6-15,18,21H,1-5,16-17,19H2,(H,33,39)(H,37,38)(H,34,35,40);1H4. The molecular formula is C32H35BrN4O4S. The van der Waals surface area contributed by atoms with Gasteiger partial charge in [-0.3, -0.25) is 19.8 Å². The van der Waals surface area contributed by atoms with E-state index >= 15 is 0 Å². The van der Waals surface area contributed by atoms with Crippen LogP contribution >= 0.6 is 27.3 Å². The molecule has 1 saturated carbocycles. The highest BCUT2D eigenvalue weighted by molar-refractivity contribution is 9.10. The smallest absolute Gasteiger partial charge is 0.328 e. The van der Waals surface area contributed by atoms with Crippen LogP contribution < -0.4 is 15.5 Å². The number of aliphatic carboxylic acids is 1. The maximum Gasteiger partial charge on any atom is 0.328 e. The third-order valence-corrected chi connectivity index (χ3v) is 8.72. The largest absolute Gasteiger partial charge is 0.481 e. The Labute approximate surface area is 258 Å². The molecule has 3 N–H and O–H groups in total. The lowest BCUT2D eigenvalue weighted by molar-refractivity contribution is -0.136. The molecule has 10 heteroatoms. The van der Waals surface area contributed by atoms with E-state index in [0.29, 0.717) is 16.6 Å². The van der Waals surface area contributed by atoms with Gasteiger partial charge in [0.1, 0.15) is 0 Å². The topological polar surface area (TPSA) is 112 Å². The molecule has 0 radical (unpaired) electrons. The number of carboxylic acid groups (broad SMARTS) is 1. The number of nitrogens with zero attached hydrogens (tertiary/aromatic N) is 2. The molecule has 5 rings (SSSR count). The van der Waals surface area contributed by atoms with Crippen molar-refractivity contribution in [2.45, 2.75) is 58.4 Å². The van der Waals surface area contributed by atoms with Crippen LogP contribution in [0.15, 0.2) is 71.2 Å². The summed E-state index contributed by atoms with van der Waals surface area (Å²) in [5, 5.41) is 14.9. The number of thiazole rings is 1. The van der Waals surface area contributed by atoms with Crippen molar-refractivity contribution in [1.29, 1.82) is 0 Å². The number of aromatic nitrogens is 1. The van der Waals surface area contributed by atoms with Gasteiger partial charge in [-0.1, -0.05) is 78.2 Å². The van der Waals surface area contributed by atoms with Crippen molar-refractivity contribution in [2.24, 2.45) is 0 Å². The fourth-order valence-electron chi connectivity index (χ4n) is 5.08. The summed E-state index contributed by atoms with van der Waals surface area (Å²) >= 11 is 4.89. The number of benzene rings is 3. The second-order valence-corrected chi connectivity index (χ2v) is 12.1. The maximum atomic E-state index is 13.7. The van der Waals surface area contributed by atoms with Gasteiger partial charge in [0.25, 0.3) is 5.91 Å². The Morgan fingerprint density at radius 1 is 0.976 bits per heavy atom. The Hall–Kier alpha value is -3.76. The zero-order chi connectivity index (χ0) is 28.8. The van der Waals surface area contributed by atoms with Crippen LogP contribution in [0.3, 0.4) is 0 Å². The predicted octanol–water partition coefficient (Wildman–Crippen LogP) is 8.19. The average molecular weight is 652 g/mol. The van der Waals surface area contributed by atoms with Gasteiger partial charge in [0.2, 0.25) is 0 Å². The molecule has 3 aromatic carbocycles. The normalized spacial score (nSPS) is 13.3. The summed E-state index contributed by atoms with van der Waals surface area (Å²) < 4.78 is 1.90. The number of halogens is 1. The van der Waals surface area contributed by atoms with Crippen LogP contribution in [0.5, 0.6) is 0 Å². The minimum Gasteiger partial charge on any atom is -0.481 e. The lowest BCUT2D eigenvalue weighted by atomic mass is 9.84. The van der Waals surface area contributed by atoms with Crippen molar-refractivity contribution in [1.82, 2.24) is 10.3 Å². The maximum absolute atomic E-state index is 13.7. The summed E-state index contributed by atoms with van der Waals surface area (Å²) in [4.78, 5) is 43.0. The fraction of sp³-hybridized carbons (Fsp3) is 0.312. The monoisotopic (exact) mass is 650 g/mol. The molecule has 4 aromatic rings. The van der Waals surface area contributed by atoms with Crippen LogP contribution in [0.2, 0.25) is 0 Å². The highest BCUT2D eigenvalue weighted by atomic mass is 79.9. The number of hydrogen-bond acceptors (Lipinski definition) is 5. The second-order valence-electron chi connectivity index (χ2n) is 10.2. The predicted molar refractivity (Wildman–Crippen MR) is 173 cm³/mol. The van der Waals surface area contributed by atoms with E-state index in [2.05, 4.69) is 43.7 Å². The number of urea groups is 1. The molecule has 0 atom stereocenters. The van der Waals surface area contributed by atoms with E-state index in [4.69, 9.17) is 5.11 Å². The Morgan fingerprint density at radius 3 is 2.38 bits per heavy atom. The van der Waals surface area contributed by atoms with Crippen molar-refractivity contribution in [3.05, 3.63) is 87.9 Å². The molecule has 1 aliphatic carbocycles. The summed E-state index contributed by atoms with van der Waals surface area (Å²) in [6, 6.07) is 20.8. The highest BCUT2D eigenvalue weighted by Gasteiger charge is 2.21. The molecule has 1 aliphatic rings. The molecule has 0 saturated heterocycles. The SMILES string of the molecule is C.O=C(O)CCNC(=O)c1ccc(CN(C(=O)Nc2nc3cc(Br)ccc3s2)c2ccc(C3CCCCC3)cc2)cc1. The van der Waals surface area contributed by atoms with E-state index in [1.54, 1.807) is 29.2 Å². The minimum atomic E-state index is -0.968. The first-order valence-corrected chi connectivity index (χ1v) is 15.3. The van der Waals surface area contributed by atoms with Crippen LogP contribution in [0.4, 0.5) is 15.6 Å². The first-order valence-electron chi connectivity index (χ1n) is 13.7. The molecule has 220 valence electrons. The number of carbonyl (C=O) groups excluding carboxylic acids is 2. The van der Waals surface area contributed by atoms with Gasteiger partial charge in [0, 0.05) is 22.3 Å². The van der Waals surface area contributed by atoms with E-state index in [1.165, 1.54) is 49.0 Å². The van der Waals surface area contributed by atoms with Gasteiger partial charge in [0.05, 0.1) is 23.2 Å². The summed E-state index contributed by atoms with van der Waals surface area (Å²) in [5.74, 6) is -0.742. The minimum absolute atomic E-state index is 0. The van der Waals surface area contributed by atoms with E-state index in [0.717, 1.165) is 25.9 Å². The van der Waals surface area contributed by atoms with E-state index in [1.807, 2.05) is 30.3 Å². The molecule has 0 bridgehead atoms. The van der Waals surface area contributed by atoms with E-state index in [9.17, 15) is 14.4 Å². The van der Waals surface area contributed by atoms with Gasteiger partial charge in [0.15, 0.2) is 5.13 Å². The molecule has 42 heavy (non-hydrogen) atoms. The van der Waals surface area contributed by atoms with Crippen molar-refractivity contribution in [3.8, 4) is 0 Å². The van der Waals surface area contributed by atoms with Crippen LogP contribution in [-0.4, -0.2) is 34.5 Å². The number of carbonyl (C=O) groups is 3. The highest BCUT2D eigenvalue weighted by Crippen LogP contribution is 2.34. The number of rotatable bonds is 9. The van der Waals surface area contributed by atoms with Gasteiger partial charge in [-0.25, -0.2) is 9.78 Å². The number of anilines is 2. The number of fused-ring (bicyclic) bond motifs is 1. The summed E-state index contributed by atoms with van der Waals surface area (Å²) in [7, 11) is 0. The third kappa shape index (κ3) is 7.95. The summed E-state index contributed by atoms with van der Waals surface area (Å²) in [6.45, 7) is 0.343. The zero-order valence-electron chi connectivity index (χ0n) is 22.4. The van der Waals surface area contributed by atoms with Gasteiger partial charge in [-0.05, 0) is 72.4 Å². The van der Waals surface area contributed by atoms with Crippen LogP contribution in [0.1, 0.15) is 73.4 Å². The molecule has 0 unspecified atom stereocenters. The molecule has 1 aromatic heterocycles. The summed E-state index contributed by atoms with van der Waals surface area (Å²) in [6.07, 6.45) is 6.08. The van der Waals surface area contributed by atoms with Crippen LogP contribution in [0.25, 0.3) is 10.2 Å². The first-order chi connectivity index (χ1) is 19.9. The van der Waals surface area contributed by atoms with Gasteiger partial charge >= 0.3 is 12.0 Å². The lowest BCUT2D eigenvalue weighted by Crippen LogP contribution is -2.34. The Bertz CT molecular complexity index is 1530. The lowest BCUT2D eigenvalue weighted by Gasteiger charge is -2.25. The van der Waals surface area contributed by atoms with Crippen LogP contribution in [0, 0.1) is 0 Å². The van der Waals surface area contributed by atoms with Crippen molar-refractivity contribution < 1.29 is 19.5 Å². The Morgan fingerprint density at radius 2 is 1.69 bits per heavy atom. The van der Waals surface area contributed by atoms with Gasteiger partial charge < -0.3 is 10.4 Å². The van der Waals surface area contributed by atoms with Gasteiger partial charge in [-0.15, -0.1) is 0 Å². The summed E-state index contributed by atoms with van der Waals surface area (Å²) in [5.41, 5.74) is 4.14. The molecule has 1 fully saturated rings. The number of carboxylic acids is 1. The molecule has 0 spiro atoms. The van der Waals surface area contributed by atoms with Gasteiger partial charge in [-0.2, -0.15) is 0 Å². The Kier molecular flexibility index (Phi) is 10.7. The Balaban J connectivity index is 0.00000405. The average Bonchev–Trinajstić information content (AvgIpc) is 3.37. The quantitative estimate of drug-likeness (QED) is 0.169. The van der Waals surface area contributed by atoms with E-state index < -0.39 is 5.97 Å². The van der Waals surface area contributed by atoms with Crippen molar-refractivity contribution in [2.75, 3.05) is 16.8 Å². The zero-order valence-corrected chi connectivity index (χ0v) is 24.8. The number of nitrogens with one attached hydrogen (secondary N) is 2. The fourth-order valence-corrected chi connectivity index (χ4v) is 6.27. The molecule has 0 aliphatic heterocycles. The van der Waals surface area contributed by atoms with Crippen LogP contribution in [-0.2, 0) is 11.3 Å². The molecule has 3 amide bonds. The number of hydrogen-bond donors (Lipinski definition) is 3. The second kappa shape index (κ2) is 14.4. The molecule has 8 nitrogen and oxygen atoms in total.